The summed E-state index contributed by atoms with van der Waals surface area (Å²) in [7, 11) is 2.29. The summed E-state index contributed by atoms with van der Waals surface area (Å²) in [6, 6.07) is 6.18. The van der Waals surface area contributed by atoms with E-state index < -0.39 is 23.4 Å². The summed E-state index contributed by atoms with van der Waals surface area (Å²) in [5.74, 6) is -2.26. The fraction of sp³-hybridized carbons (Fsp3) is 0.200. The molecule has 1 aromatic rings. The molecule has 1 heterocycles. The van der Waals surface area contributed by atoms with Crippen LogP contribution in [-0.2, 0) is 23.9 Å². The number of hydrogen-bond donors (Lipinski definition) is 0. The van der Waals surface area contributed by atoms with Crippen LogP contribution in [0.2, 0.25) is 5.02 Å². The van der Waals surface area contributed by atoms with Crippen molar-refractivity contribution < 1.29 is 23.9 Å². The standard InChI is InChI=1S/C15H11ClN2O5/c1-22-12(19)7-18-11-4-3-8(16)5-9(11)13(14(18)20)10(6-17)15(21)23-2/h3-5H,7H2,1-2H3/b13-10-. The summed E-state index contributed by atoms with van der Waals surface area (Å²) in [6.45, 7) is -0.354. The molecule has 1 aliphatic heterocycles. The van der Waals surface area contributed by atoms with Crippen molar-refractivity contribution >= 4 is 40.7 Å². The average molecular weight is 335 g/mol. The Balaban J connectivity index is 2.68. The lowest BCUT2D eigenvalue weighted by atomic mass is 10.0. The number of rotatable bonds is 3. The summed E-state index contributed by atoms with van der Waals surface area (Å²) in [4.78, 5) is 37.0. The highest BCUT2D eigenvalue weighted by molar-refractivity contribution is 6.38. The quantitative estimate of drug-likeness (QED) is 0.469. The number of ether oxygens (including phenoxy) is 2. The molecule has 1 aliphatic rings. The van der Waals surface area contributed by atoms with Gasteiger partial charge in [-0.25, -0.2) is 4.79 Å². The van der Waals surface area contributed by atoms with E-state index in [4.69, 9.17) is 11.6 Å². The number of benzene rings is 1. The lowest BCUT2D eigenvalue weighted by molar-refractivity contribution is -0.139. The molecular weight excluding hydrogens is 324 g/mol. The maximum Gasteiger partial charge on any atom is 0.349 e. The van der Waals surface area contributed by atoms with Gasteiger partial charge in [-0.2, -0.15) is 5.26 Å². The number of esters is 2. The van der Waals surface area contributed by atoms with E-state index in [1.54, 1.807) is 6.07 Å². The Labute approximate surface area is 136 Å². The molecule has 0 aliphatic carbocycles. The van der Waals surface area contributed by atoms with Crippen molar-refractivity contribution in [3.63, 3.8) is 0 Å². The predicted octanol–water partition coefficient (Wildman–Crippen LogP) is 1.31. The number of carbonyl (C=O) groups excluding carboxylic acids is 3. The first-order valence-electron chi connectivity index (χ1n) is 6.35. The molecular formula is C15H11ClN2O5. The van der Waals surface area contributed by atoms with Gasteiger partial charge in [-0.3, -0.25) is 14.5 Å². The summed E-state index contributed by atoms with van der Waals surface area (Å²) >= 11 is 5.94. The molecule has 8 heteroatoms. The smallest absolute Gasteiger partial charge is 0.349 e. The number of methoxy groups -OCH3 is 2. The molecule has 0 unspecified atom stereocenters. The van der Waals surface area contributed by atoms with Crippen molar-refractivity contribution in [1.82, 2.24) is 0 Å². The van der Waals surface area contributed by atoms with Gasteiger partial charge < -0.3 is 9.47 Å². The first kappa shape index (κ1) is 16.5. The van der Waals surface area contributed by atoms with Gasteiger partial charge in [-0.1, -0.05) is 11.6 Å². The summed E-state index contributed by atoms with van der Waals surface area (Å²) in [5.41, 5.74) is 0.0407. The molecule has 0 fully saturated rings. The largest absolute Gasteiger partial charge is 0.468 e. The van der Waals surface area contributed by atoms with Gasteiger partial charge in [0.2, 0.25) is 0 Å². The molecule has 0 atom stereocenters. The van der Waals surface area contributed by atoms with E-state index in [0.717, 1.165) is 12.0 Å². The van der Waals surface area contributed by atoms with Crippen LogP contribution in [0.25, 0.3) is 5.57 Å². The number of nitriles is 1. The fourth-order valence-electron chi connectivity index (χ4n) is 2.20. The van der Waals surface area contributed by atoms with Crippen LogP contribution in [-0.4, -0.2) is 38.6 Å². The van der Waals surface area contributed by atoms with Gasteiger partial charge in [0.25, 0.3) is 5.91 Å². The molecule has 0 saturated heterocycles. The lowest BCUT2D eigenvalue weighted by Gasteiger charge is -2.15. The molecule has 1 amide bonds. The van der Waals surface area contributed by atoms with Crippen molar-refractivity contribution in [2.75, 3.05) is 25.7 Å². The van der Waals surface area contributed by atoms with Crippen LogP contribution in [0.3, 0.4) is 0 Å². The van der Waals surface area contributed by atoms with Crippen molar-refractivity contribution in [3.05, 3.63) is 34.4 Å². The third-order valence-corrected chi connectivity index (χ3v) is 3.48. The minimum atomic E-state index is -0.943. The van der Waals surface area contributed by atoms with Crippen LogP contribution in [0.1, 0.15) is 5.56 Å². The van der Waals surface area contributed by atoms with Crippen LogP contribution < -0.4 is 4.90 Å². The zero-order chi connectivity index (χ0) is 17.1. The molecule has 0 bridgehead atoms. The second kappa shape index (κ2) is 6.50. The number of hydrogen-bond acceptors (Lipinski definition) is 6. The zero-order valence-electron chi connectivity index (χ0n) is 12.3. The van der Waals surface area contributed by atoms with Gasteiger partial charge in [-0.05, 0) is 18.2 Å². The highest BCUT2D eigenvalue weighted by Crippen LogP contribution is 2.40. The molecule has 0 radical (unpaired) electrons. The van der Waals surface area contributed by atoms with E-state index in [1.165, 1.54) is 25.3 Å². The summed E-state index contributed by atoms with van der Waals surface area (Å²) in [5, 5.41) is 9.53. The van der Waals surface area contributed by atoms with Gasteiger partial charge in [0.15, 0.2) is 5.57 Å². The van der Waals surface area contributed by atoms with Gasteiger partial charge in [0.05, 0.1) is 25.5 Å². The molecule has 0 saturated carbocycles. The SMILES string of the molecule is COC(=O)CN1C(=O)/C(=C(/C#N)C(=O)OC)c2cc(Cl)ccc21. The molecule has 1 aromatic carbocycles. The highest BCUT2D eigenvalue weighted by Gasteiger charge is 2.38. The van der Waals surface area contributed by atoms with Crippen molar-refractivity contribution in [3.8, 4) is 6.07 Å². The summed E-state index contributed by atoms with van der Waals surface area (Å²) in [6.07, 6.45) is 0. The molecule has 0 N–H and O–H groups in total. The van der Waals surface area contributed by atoms with Crippen molar-refractivity contribution in [2.45, 2.75) is 0 Å². The van der Waals surface area contributed by atoms with Gasteiger partial charge in [-0.15, -0.1) is 0 Å². The zero-order valence-corrected chi connectivity index (χ0v) is 13.0. The van der Waals surface area contributed by atoms with E-state index in [1.807, 2.05) is 0 Å². The number of fused-ring (bicyclic) bond motifs is 1. The third-order valence-electron chi connectivity index (χ3n) is 3.24. The number of nitrogens with zero attached hydrogens (tertiary/aromatic N) is 2. The van der Waals surface area contributed by atoms with Gasteiger partial charge in [0, 0.05) is 10.6 Å². The van der Waals surface area contributed by atoms with E-state index in [2.05, 4.69) is 9.47 Å². The molecule has 0 aromatic heterocycles. The maximum atomic E-state index is 12.6. The number of anilines is 1. The molecule has 0 spiro atoms. The minimum absolute atomic E-state index is 0.152. The average Bonchev–Trinajstić information content (AvgIpc) is 2.80. The number of carbonyl (C=O) groups is 3. The minimum Gasteiger partial charge on any atom is -0.468 e. The molecule has 2 rings (SSSR count). The normalized spacial score (nSPS) is 14.9. The van der Waals surface area contributed by atoms with Crippen LogP contribution in [0.5, 0.6) is 0 Å². The monoisotopic (exact) mass is 334 g/mol. The van der Waals surface area contributed by atoms with Crippen LogP contribution >= 0.6 is 11.6 Å². The van der Waals surface area contributed by atoms with Gasteiger partial charge in [0.1, 0.15) is 12.6 Å². The third kappa shape index (κ3) is 2.89. The Morgan fingerprint density at radius 2 is 2.00 bits per heavy atom. The Morgan fingerprint density at radius 1 is 1.30 bits per heavy atom. The Hall–Kier alpha value is -2.85. The van der Waals surface area contributed by atoms with Crippen LogP contribution in [0, 0.1) is 11.3 Å². The first-order chi connectivity index (χ1) is 10.9. The Bertz CT molecular complexity index is 779. The lowest BCUT2D eigenvalue weighted by Crippen LogP contribution is -2.33. The first-order valence-corrected chi connectivity index (χ1v) is 6.73. The van der Waals surface area contributed by atoms with Crippen LogP contribution in [0.15, 0.2) is 23.8 Å². The molecule has 118 valence electrons. The molecule has 23 heavy (non-hydrogen) atoms. The Morgan fingerprint density at radius 3 is 2.57 bits per heavy atom. The number of amides is 1. The number of halogens is 1. The fourth-order valence-corrected chi connectivity index (χ4v) is 2.37. The van der Waals surface area contributed by atoms with Gasteiger partial charge >= 0.3 is 11.9 Å². The van der Waals surface area contributed by atoms with E-state index in [-0.39, 0.29) is 17.7 Å². The summed E-state index contributed by atoms with van der Waals surface area (Å²) < 4.78 is 9.09. The van der Waals surface area contributed by atoms with E-state index in [0.29, 0.717) is 10.7 Å². The predicted molar refractivity (Wildman–Crippen MR) is 80.4 cm³/mol. The second-order valence-electron chi connectivity index (χ2n) is 4.48. The maximum absolute atomic E-state index is 12.6. The second-order valence-corrected chi connectivity index (χ2v) is 4.92. The van der Waals surface area contributed by atoms with E-state index >= 15 is 0 Å². The molecule has 7 nitrogen and oxygen atoms in total. The van der Waals surface area contributed by atoms with Crippen molar-refractivity contribution in [2.24, 2.45) is 0 Å². The van der Waals surface area contributed by atoms with Crippen LogP contribution in [0.4, 0.5) is 5.69 Å². The highest BCUT2D eigenvalue weighted by atomic mass is 35.5. The Kier molecular flexibility index (Phi) is 4.67. The van der Waals surface area contributed by atoms with E-state index in [9.17, 15) is 19.6 Å². The van der Waals surface area contributed by atoms with Crippen molar-refractivity contribution in [1.29, 1.82) is 5.26 Å². The topological polar surface area (TPSA) is 96.7 Å².